The second kappa shape index (κ2) is 10.9. The number of ether oxygens (including phenoxy) is 3. The summed E-state index contributed by atoms with van der Waals surface area (Å²) in [5, 5.41) is 4.91. The van der Waals surface area contributed by atoms with E-state index in [-0.39, 0.29) is 18.5 Å². The van der Waals surface area contributed by atoms with Gasteiger partial charge in [0.15, 0.2) is 6.10 Å². The molecule has 0 saturated heterocycles. The average molecular weight is 436 g/mol. The third-order valence-corrected chi connectivity index (χ3v) is 4.13. The number of anilines is 1. The quantitative estimate of drug-likeness (QED) is 0.586. The van der Waals surface area contributed by atoms with Crippen LogP contribution in [0.1, 0.15) is 23.7 Å². The molecule has 0 aliphatic carbocycles. The predicted octanol–water partition coefficient (Wildman–Crippen LogP) is 2.67. The van der Waals surface area contributed by atoms with Crippen LogP contribution >= 0.6 is 0 Å². The SMILES string of the molecule is COc1ccc(OC)c(NC(=O)C(C)OC(=O)CCNC(=O)c2ccc(F)cc2F)c1. The molecule has 2 rings (SSSR count). The lowest BCUT2D eigenvalue weighted by atomic mass is 10.2. The molecule has 2 aromatic carbocycles. The van der Waals surface area contributed by atoms with Crippen molar-refractivity contribution in [2.45, 2.75) is 19.4 Å². The van der Waals surface area contributed by atoms with Crippen LogP contribution in [0.5, 0.6) is 11.5 Å². The van der Waals surface area contributed by atoms with Gasteiger partial charge in [-0.2, -0.15) is 0 Å². The second-order valence-electron chi connectivity index (χ2n) is 6.32. The van der Waals surface area contributed by atoms with Gasteiger partial charge in [-0.3, -0.25) is 14.4 Å². The van der Waals surface area contributed by atoms with Gasteiger partial charge in [-0.15, -0.1) is 0 Å². The van der Waals surface area contributed by atoms with Crippen molar-refractivity contribution in [3.63, 3.8) is 0 Å². The lowest BCUT2D eigenvalue weighted by Gasteiger charge is -2.16. The number of nitrogens with one attached hydrogen (secondary N) is 2. The van der Waals surface area contributed by atoms with Gasteiger partial charge in [0.05, 0.1) is 31.9 Å². The molecule has 31 heavy (non-hydrogen) atoms. The molecule has 2 N–H and O–H groups in total. The van der Waals surface area contributed by atoms with Crippen molar-refractivity contribution in [2.75, 3.05) is 26.1 Å². The molecule has 0 spiro atoms. The summed E-state index contributed by atoms with van der Waals surface area (Å²) in [5.41, 5.74) is -0.0157. The molecule has 1 unspecified atom stereocenters. The summed E-state index contributed by atoms with van der Waals surface area (Å²) in [6.45, 7) is 1.22. The van der Waals surface area contributed by atoms with Gasteiger partial charge in [-0.1, -0.05) is 0 Å². The molecule has 8 nitrogen and oxygen atoms in total. The number of rotatable bonds is 9. The number of methoxy groups -OCH3 is 2. The first-order valence-electron chi connectivity index (χ1n) is 9.20. The number of amides is 2. The number of hydrogen-bond acceptors (Lipinski definition) is 6. The highest BCUT2D eigenvalue weighted by molar-refractivity contribution is 5.97. The van der Waals surface area contributed by atoms with Gasteiger partial charge in [0.1, 0.15) is 23.1 Å². The van der Waals surface area contributed by atoms with Gasteiger partial charge in [0.2, 0.25) is 0 Å². The second-order valence-corrected chi connectivity index (χ2v) is 6.32. The minimum Gasteiger partial charge on any atom is -0.497 e. The summed E-state index contributed by atoms with van der Waals surface area (Å²) in [6, 6.07) is 7.35. The van der Waals surface area contributed by atoms with E-state index in [1.807, 2.05) is 0 Å². The Morgan fingerprint density at radius 2 is 1.77 bits per heavy atom. The monoisotopic (exact) mass is 436 g/mol. The topological polar surface area (TPSA) is 103 Å². The van der Waals surface area contributed by atoms with Crippen LogP contribution in [-0.2, 0) is 14.3 Å². The maximum Gasteiger partial charge on any atom is 0.308 e. The summed E-state index contributed by atoms with van der Waals surface area (Å²) >= 11 is 0. The highest BCUT2D eigenvalue weighted by Crippen LogP contribution is 2.29. The molecule has 1 atom stereocenters. The number of carbonyl (C=O) groups is 3. The molecular formula is C21H22F2N2O6. The van der Waals surface area contributed by atoms with Crippen LogP contribution in [0.25, 0.3) is 0 Å². The molecule has 2 amide bonds. The zero-order chi connectivity index (χ0) is 23.0. The minimum atomic E-state index is -1.13. The fraction of sp³-hybridized carbons (Fsp3) is 0.286. The molecule has 2 aromatic rings. The fourth-order valence-corrected chi connectivity index (χ4v) is 2.50. The van der Waals surface area contributed by atoms with Crippen LogP contribution < -0.4 is 20.1 Å². The highest BCUT2D eigenvalue weighted by atomic mass is 19.1. The van der Waals surface area contributed by atoms with E-state index in [9.17, 15) is 23.2 Å². The Hall–Kier alpha value is -3.69. The first kappa shape index (κ1) is 23.6. The lowest BCUT2D eigenvalue weighted by Crippen LogP contribution is -2.32. The summed E-state index contributed by atoms with van der Waals surface area (Å²) in [5.74, 6) is -3.09. The molecule has 0 bridgehead atoms. The summed E-state index contributed by atoms with van der Waals surface area (Å²) in [7, 11) is 2.91. The van der Waals surface area contributed by atoms with Crippen molar-refractivity contribution in [3.05, 3.63) is 53.6 Å². The van der Waals surface area contributed by atoms with E-state index in [2.05, 4.69) is 10.6 Å². The zero-order valence-corrected chi connectivity index (χ0v) is 17.2. The number of benzene rings is 2. The molecule has 166 valence electrons. The van der Waals surface area contributed by atoms with Crippen LogP contribution in [0.3, 0.4) is 0 Å². The summed E-state index contributed by atoms with van der Waals surface area (Å²) < 4.78 is 41.8. The van der Waals surface area contributed by atoms with Gasteiger partial charge < -0.3 is 24.8 Å². The molecule has 0 saturated carbocycles. The zero-order valence-electron chi connectivity index (χ0n) is 17.2. The molecule has 0 radical (unpaired) electrons. The van der Waals surface area contributed by atoms with Crippen molar-refractivity contribution in [3.8, 4) is 11.5 Å². The maximum atomic E-state index is 13.6. The minimum absolute atomic E-state index is 0.160. The Balaban J connectivity index is 1.84. The molecule has 0 aliphatic rings. The Bertz CT molecular complexity index is 967. The Morgan fingerprint density at radius 1 is 1.03 bits per heavy atom. The normalized spacial score (nSPS) is 11.3. The standard InChI is InChI=1S/C21H22F2N2O6/c1-12(20(27)25-17-11-14(29-2)5-7-18(17)30-3)31-19(26)8-9-24-21(28)15-6-4-13(22)10-16(15)23/h4-7,10-12H,8-9H2,1-3H3,(H,24,28)(H,25,27). The van der Waals surface area contributed by atoms with Crippen LogP contribution in [0.2, 0.25) is 0 Å². The predicted molar refractivity (Wildman–Crippen MR) is 107 cm³/mol. The van der Waals surface area contributed by atoms with Crippen molar-refractivity contribution < 1.29 is 37.4 Å². The highest BCUT2D eigenvalue weighted by Gasteiger charge is 2.20. The van der Waals surface area contributed by atoms with E-state index in [4.69, 9.17) is 14.2 Å². The van der Waals surface area contributed by atoms with E-state index in [1.54, 1.807) is 18.2 Å². The molecule has 0 aliphatic heterocycles. The Kier molecular flexibility index (Phi) is 8.30. The number of esters is 1. The van der Waals surface area contributed by atoms with E-state index in [0.29, 0.717) is 23.3 Å². The van der Waals surface area contributed by atoms with E-state index in [0.717, 1.165) is 12.1 Å². The summed E-state index contributed by atoms with van der Waals surface area (Å²) in [4.78, 5) is 36.2. The average Bonchev–Trinajstić information content (AvgIpc) is 2.73. The lowest BCUT2D eigenvalue weighted by molar-refractivity contribution is -0.153. The summed E-state index contributed by atoms with van der Waals surface area (Å²) in [6.07, 6.45) is -1.39. The van der Waals surface area contributed by atoms with Gasteiger partial charge in [0.25, 0.3) is 11.8 Å². The molecule has 0 fully saturated rings. The van der Waals surface area contributed by atoms with E-state index < -0.39 is 35.5 Å². The van der Waals surface area contributed by atoms with Crippen LogP contribution in [0, 0.1) is 11.6 Å². The Morgan fingerprint density at radius 3 is 2.42 bits per heavy atom. The fourth-order valence-electron chi connectivity index (χ4n) is 2.50. The van der Waals surface area contributed by atoms with Crippen molar-refractivity contribution in [2.24, 2.45) is 0 Å². The first-order valence-corrected chi connectivity index (χ1v) is 9.20. The van der Waals surface area contributed by atoms with E-state index >= 15 is 0 Å². The molecule has 0 heterocycles. The molecule has 0 aromatic heterocycles. The molecular weight excluding hydrogens is 414 g/mol. The smallest absolute Gasteiger partial charge is 0.308 e. The van der Waals surface area contributed by atoms with Crippen molar-refractivity contribution in [1.29, 1.82) is 0 Å². The van der Waals surface area contributed by atoms with Gasteiger partial charge >= 0.3 is 5.97 Å². The van der Waals surface area contributed by atoms with Crippen molar-refractivity contribution >= 4 is 23.5 Å². The van der Waals surface area contributed by atoms with Gasteiger partial charge in [-0.25, -0.2) is 8.78 Å². The first-order chi connectivity index (χ1) is 14.7. The number of hydrogen-bond donors (Lipinski definition) is 2. The van der Waals surface area contributed by atoms with Crippen LogP contribution in [-0.4, -0.2) is 44.7 Å². The molecule has 10 heteroatoms. The maximum absolute atomic E-state index is 13.6. The van der Waals surface area contributed by atoms with Gasteiger partial charge in [0, 0.05) is 18.7 Å². The number of halogens is 2. The van der Waals surface area contributed by atoms with E-state index in [1.165, 1.54) is 21.1 Å². The van der Waals surface area contributed by atoms with Crippen molar-refractivity contribution in [1.82, 2.24) is 5.32 Å². The Labute approximate surface area is 177 Å². The van der Waals surface area contributed by atoms with Gasteiger partial charge in [-0.05, 0) is 31.2 Å². The largest absolute Gasteiger partial charge is 0.497 e. The van der Waals surface area contributed by atoms with Crippen LogP contribution in [0.4, 0.5) is 14.5 Å². The van der Waals surface area contributed by atoms with Crippen LogP contribution in [0.15, 0.2) is 36.4 Å². The number of carbonyl (C=O) groups excluding carboxylic acids is 3. The third-order valence-electron chi connectivity index (χ3n) is 4.13. The third kappa shape index (κ3) is 6.66.